The van der Waals surface area contributed by atoms with E-state index >= 15 is 0 Å². The van der Waals surface area contributed by atoms with Crippen LogP contribution in [0.25, 0.3) is 22.6 Å². The minimum Gasteiger partial charge on any atom is -0.493 e. The van der Waals surface area contributed by atoms with Gasteiger partial charge in [0.25, 0.3) is 5.91 Å². The summed E-state index contributed by atoms with van der Waals surface area (Å²) in [5.41, 5.74) is 3.18. The van der Waals surface area contributed by atoms with Crippen LogP contribution in [0.2, 0.25) is 0 Å². The first-order valence-corrected chi connectivity index (χ1v) is 10.7. The SMILES string of the molecule is COc1ccc(-c2nc3cc(NC(=S)NC(=O)c4cccc(Br)c4)ccc3o2)cc1OC. The Morgan fingerprint density at radius 3 is 2.59 bits per heavy atom. The Hall–Kier alpha value is -3.43. The van der Waals surface area contributed by atoms with E-state index < -0.39 is 0 Å². The molecule has 4 aromatic rings. The number of ether oxygens (including phenoxy) is 2. The monoisotopic (exact) mass is 511 g/mol. The Morgan fingerprint density at radius 2 is 1.84 bits per heavy atom. The van der Waals surface area contributed by atoms with Crippen LogP contribution in [0.3, 0.4) is 0 Å². The number of nitrogens with one attached hydrogen (secondary N) is 2. The Labute approximate surface area is 197 Å². The minimum absolute atomic E-state index is 0.179. The van der Waals surface area contributed by atoms with Crippen LogP contribution in [0.15, 0.2) is 69.6 Å². The largest absolute Gasteiger partial charge is 0.493 e. The Bertz CT molecular complexity index is 1320. The lowest BCUT2D eigenvalue weighted by Gasteiger charge is -2.09. The normalized spacial score (nSPS) is 10.6. The summed E-state index contributed by atoms with van der Waals surface area (Å²) < 4.78 is 17.3. The molecule has 0 unspecified atom stereocenters. The number of thiocarbonyl (C=S) groups is 1. The number of carbonyl (C=O) groups is 1. The third-order valence-electron chi connectivity index (χ3n) is 4.59. The number of anilines is 1. The number of benzene rings is 3. The average Bonchev–Trinajstić information content (AvgIpc) is 3.22. The molecule has 0 spiro atoms. The number of rotatable bonds is 5. The van der Waals surface area contributed by atoms with Gasteiger partial charge in [-0.1, -0.05) is 22.0 Å². The molecular weight excluding hydrogens is 494 g/mol. The molecule has 0 aliphatic rings. The summed E-state index contributed by atoms with van der Waals surface area (Å²) in [6, 6.07) is 17.9. The van der Waals surface area contributed by atoms with Gasteiger partial charge in [0.05, 0.1) is 14.2 Å². The van der Waals surface area contributed by atoms with Crippen molar-refractivity contribution in [3.63, 3.8) is 0 Å². The number of carbonyl (C=O) groups excluding carboxylic acids is 1. The maximum Gasteiger partial charge on any atom is 0.257 e. The number of nitrogens with zero attached hydrogens (tertiary/aromatic N) is 1. The lowest BCUT2D eigenvalue weighted by molar-refractivity contribution is 0.0977. The molecular formula is C23H18BrN3O4S. The van der Waals surface area contributed by atoms with Gasteiger partial charge in [-0.2, -0.15) is 0 Å². The maximum absolute atomic E-state index is 12.4. The van der Waals surface area contributed by atoms with Gasteiger partial charge in [0.1, 0.15) is 5.52 Å². The van der Waals surface area contributed by atoms with Crippen molar-refractivity contribution in [1.29, 1.82) is 0 Å². The minimum atomic E-state index is -0.304. The molecule has 0 fully saturated rings. The molecule has 0 bridgehead atoms. The van der Waals surface area contributed by atoms with E-state index in [4.69, 9.17) is 26.1 Å². The van der Waals surface area contributed by atoms with Crippen molar-refractivity contribution in [2.45, 2.75) is 0 Å². The third-order valence-corrected chi connectivity index (χ3v) is 5.29. The molecule has 32 heavy (non-hydrogen) atoms. The predicted molar refractivity (Wildman–Crippen MR) is 130 cm³/mol. The molecule has 1 heterocycles. The number of aromatic nitrogens is 1. The summed E-state index contributed by atoms with van der Waals surface area (Å²) in [4.78, 5) is 16.9. The highest BCUT2D eigenvalue weighted by molar-refractivity contribution is 9.10. The fourth-order valence-electron chi connectivity index (χ4n) is 3.07. The molecule has 0 aliphatic heterocycles. The van der Waals surface area contributed by atoms with Gasteiger partial charge < -0.3 is 19.2 Å². The average molecular weight is 512 g/mol. The molecule has 2 N–H and O–H groups in total. The summed E-state index contributed by atoms with van der Waals surface area (Å²) in [6.45, 7) is 0. The lowest BCUT2D eigenvalue weighted by Crippen LogP contribution is -2.34. The van der Waals surface area contributed by atoms with Gasteiger partial charge in [0.2, 0.25) is 5.89 Å². The molecule has 1 amide bonds. The summed E-state index contributed by atoms with van der Waals surface area (Å²) >= 11 is 8.63. The van der Waals surface area contributed by atoms with Crippen LogP contribution in [0, 0.1) is 0 Å². The number of hydrogen-bond donors (Lipinski definition) is 2. The van der Waals surface area contributed by atoms with Gasteiger partial charge in [0.15, 0.2) is 22.2 Å². The third kappa shape index (κ3) is 4.74. The zero-order valence-electron chi connectivity index (χ0n) is 17.1. The van der Waals surface area contributed by atoms with Gasteiger partial charge >= 0.3 is 0 Å². The molecule has 162 valence electrons. The number of hydrogen-bond acceptors (Lipinski definition) is 6. The van der Waals surface area contributed by atoms with Crippen LogP contribution in [0.1, 0.15) is 10.4 Å². The summed E-state index contributed by atoms with van der Waals surface area (Å²) in [5, 5.41) is 5.85. The standard InChI is InChI=1S/C23H18BrN3O4S/c1-29-19-8-6-14(11-20(19)30-2)22-26-17-12-16(7-9-18(17)31-22)25-23(32)27-21(28)13-4-3-5-15(24)10-13/h3-12H,1-2H3,(H2,25,27,28,32). The summed E-state index contributed by atoms with van der Waals surface area (Å²) in [5.74, 6) is 1.35. The van der Waals surface area contributed by atoms with Crippen LogP contribution in [-0.4, -0.2) is 30.2 Å². The lowest BCUT2D eigenvalue weighted by atomic mass is 10.2. The predicted octanol–water partition coefficient (Wildman–Crippen LogP) is 5.40. The molecule has 7 nitrogen and oxygen atoms in total. The van der Waals surface area contributed by atoms with Crippen LogP contribution in [0.4, 0.5) is 5.69 Å². The molecule has 0 saturated heterocycles. The topological polar surface area (TPSA) is 85.6 Å². The smallest absolute Gasteiger partial charge is 0.257 e. The van der Waals surface area contributed by atoms with Crippen LogP contribution < -0.4 is 20.1 Å². The second-order valence-corrected chi connectivity index (χ2v) is 8.01. The first kappa shape index (κ1) is 21.8. The summed E-state index contributed by atoms with van der Waals surface area (Å²) in [7, 11) is 3.15. The number of halogens is 1. The van der Waals surface area contributed by atoms with Gasteiger partial charge in [-0.15, -0.1) is 0 Å². The molecule has 4 rings (SSSR count). The fraction of sp³-hybridized carbons (Fsp3) is 0.0870. The van der Waals surface area contributed by atoms with Crippen molar-refractivity contribution in [2.24, 2.45) is 0 Å². The van der Waals surface area contributed by atoms with Crippen molar-refractivity contribution >= 4 is 56.0 Å². The molecule has 0 radical (unpaired) electrons. The van der Waals surface area contributed by atoms with E-state index in [1.165, 1.54) is 0 Å². The Morgan fingerprint density at radius 1 is 1.03 bits per heavy atom. The van der Waals surface area contributed by atoms with Gasteiger partial charge in [-0.05, 0) is 66.8 Å². The van der Waals surface area contributed by atoms with E-state index in [9.17, 15) is 4.79 Å². The zero-order chi connectivity index (χ0) is 22.7. The first-order valence-electron chi connectivity index (χ1n) is 9.47. The highest BCUT2D eigenvalue weighted by atomic mass is 79.9. The van der Waals surface area contributed by atoms with E-state index in [-0.39, 0.29) is 11.0 Å². The second kappa shape index (κ2) is 9.37. The first-order chi connectivity index (χ1) is 15.5. The molecule has 9 heteroatoms. The molecule has 3 aromatic carbocycles. The van der Waals surface area contributed by atoms with Gasteiger partial charge in [-0.25, -0.2) is 4.98 Å². The second-order valence-electron chi connectivity index (χ2n) is 6.69. The zero-order valence-corrected chi connectivity index (χ0v) is 19.5. The van der Waals surface area contributed by atoms with Crippen LogP contribution in [-0.2, 0) is 0 Å². The van der Waals surface area contributed by atoms with Gasteiger partial charge in [0, 0.05) is 21.3 Å². The Balaban J connectivity index is 1.50. The number of amides is 1. The van der Waals surface area contributed by atoms with E-state index in [1.54, 1.807) is 62.8 Å². The van der Waals surface area contributed by atoms with Crippen molar-refractivity contribution in [3.8, 4) is 23.0 Å². The van der Waals surface area contributed by atoms with Crippen LogP contribution >= 0.6 is 28.1 Å². The Kier molecular flexibility index (Phi) is 6.38. The quantitative estimate of drug-likeness (QED) is 0.347. The van der Waals surface area contributed by atoms with Gasteiger partial charge in [-0.3, -0.25) is 10.1 Å². The van der Waals surface area contributed by atoms with Crippen molar-refractivity contribution in [3.05, 3.63) is 70.7 Å². The molecule has 1 aromatic heterocycles. The maximum atomic E-state index is 12.4. The fourth-order valence-corrected chi connectivity index (χ4v) is 3.68. The van der Waals surface area contributed by atoms with Crippen molar-refractivity contribution < 1.29 is 18.7 Å². The van der Waals surface area contributed by atoms with Crippen molar-refractivity contribution in [1.82, 2.24) is 10.3 Å². The van der Waals surface area contributed by atoms with E-state index in [0.717, 1.165) is 10.0 Å². The number of fused-ring (bicyclic) bond motifs is 1. The number of oxazole rings is 1. The highest BCUT2D eigenvalue weighted by Gasteiger charge is 2.13. The molecule has 0 atom stereocenters. The van der Waals surface area contributed by atoms with E-state index in [0.29, 0.717) is 39.7 Å². The van der Waals surface area contributed by atoms with Crippen LogP contribution in [0.5, 0.6) is 11.5 Å². The summed E-state index contributed by atoms with van der Waals surface area (Å²) in [6.07, 6.45) is 0. The molecule has 0 saturated carbocycles. The van der Waals surface area contributed by atoms with E-state index in [1.807, 2.05) is 12.1 Å². The van der Waals surface area contributed by atoms with E-state index in [2.05, 4.69) is 31.5 Å². The number of methoxy groups -OCH3 is 2. The van der Waals surface area contributed by atoms with Crippen molar-refractivity contribution in [2.75, 3.05) is 19.5 Å². The molecule has 0 aliphatic carbocycles. The highest BCUT2D eigenvalue weighted by Crippen LogP contribution is 2.33.